The van der Waals surface area contributed by atoms with Crippen molar-refractivity contribution >= 4 is 17.2 Å². The van der Waals surface area contributed by atoms with Gasteiger partial charge in [0.2, 0.25) is 5.91 Å². The summed E-state index contributed by atoms with van der Waals surface area (Å²) in [5.41, 5.74) is 7.08. The van der Waals surface area contributed by atoms with Gasteiger partial charge in [-0.15, -0.1) is 11.3 Å². The molecule has 0 radical (unpaired) electrons. The van der Waals surface area contributed by atoms with Crippen molar-refractivity contribution in [3.63, 3.8) is 0 Å². The Hall–Kier alpha value is -0.940. The number of rotatable bonds is 4. The molecule has 21 heavy (non-hydrogen) atoms. The maximum Gasteiger partial charge on any atom is 0.226 e. The number of carbonyl (C=O) groups is 1. The number of thiazole rings is 1. The molecule has 1 fully saturated rings. The van der Waals surface area contributed by atoms with E-state index in [1.807, 2.05) is 11.9 Å². The number of aromatic nitrogens is 1. The fraction of sp³-hybridized carbons (Fsp3) is 0.750. The van der Waals surface area contributed by atoms with Crippen molar-refractivity contribution in [1.29, 1.82) is 0 Å². The van der Waals surface area contributed by atoms with E-state index in [0.717, 1.165) is 30.7 Å². The third kappa shape index (κ3) is 3.14. The molecule has 1 saturated carbocycles. The van der Waals surface area contributed by atoms with Crippen LogP contribution in [0.15, 0.2) is 0 Å². The summed E-state index contributed by atoms with van der Waals surface area (Å²) in [7, 11) is 1.91. The lowest BCUT2D eigenvalue weighted by Crippen LogP contribution is -2.36. The Morgan fingerprint density at radius 2 is 2.14 bits per heavy atom. The first-order valence-corrected chi connectivity index (χ1v) is 8.93. The minimum absolute atomic E-state index is 0.134. The number of amides is 1. The molecule has 0 aliphatic heterocycles. The molecule has 116 valence electrons. The minimum Gasteiger partial charge on any atom is -0.339 e. The van der Waals surface area contributed by atoms with Gasteiger partial charge in [-0.3, -0.25) is 4.79 Å². The Morgan fingerprint density at radius 1 is 1.33 bits per heavy atom. The van der Waals surface area contributed by atoms with Crippen LogP contribution in [0.25, 0.3) is 0 Å². The van der Waals surface area contributed by atoms with Gasteiger partial charge >= 0.3 is 0 Å². The fourth-order valence-corrected chi connectivity index (χ4v) is 4.89. The van der Waals surface area contributed by atoms with E-state index in [-0.39, 0.29) is 11.8 Å². The molecular weight excluding hydrogens is 282 g/mol. The maximum absolute atomic E-state index is 12.6. The summed E-state index contributed by atoms with van der Waals surface area (Å²) in [6, 6.07) is 0. The first-order chi connectivity index (χ1) is 10.2. The van der Waals surface area contributed by atoms with Gasteiger partial charge in [0.15, 0.2) is 0 Å². The van der Waals surface area contributed by atoms with Crippen LogP contribution < -0.4 is 5.73 Å². The summed E-state index contributed by atoms with van der Waals surface area (Å²) in [5, 5.41) is 1.10. The van der Waals surface area contributed by atoms with E-state index < -0.39 is 0 Å². The van der Waals surface area contributed by atoms with Crippen LogP contribution in [0.5, 0.6) is 0 Å². The van der Waals surface area contributed by atoms with Crippen LogP contribution in [0, 0.1) is 11.8 Å². The molecule has 1 aromatic rings. The lowest BCUT2D eigenvalue weighted by Gasteiger charge is -2.23. The van der Waals surface area contributed by atoms with Crippen molar-refractivity contribution in [3.05, 3.63) is 15.6 Å². The van der Waals surface area contributed by atoms with Gasteiger partial charge in [-0.2, -0.15) is 0 Å². The second kappa shape index (κ2) is 6.44. The van der Waals surface area contributed by atoms with Gasteiger partial charge in [0, 0.05) is 17.8 Å². The third-order valence-corrected chi connectivity index (χ3v) is 6.06. The number of hydrogen-bond acceptors (Lipinski definition) is 4. The fourth-order valence-electron chi connectivity index (χ4n) is 3.68. The van der Waals surface area contributed by atoms with Crippen LogP contribution in [0.2, 0.25) is 0 Å². The van der Waals surface area contributed by atoms with Crippen LogP contribution in [-0.4, -0.2) is 29.4 Å². The highest BCUT2D eigenvalue weighted by molar-refractivity contribution is 7.11. The largest absolute Gasteiger partial charge is 0.339 e. The zero-order valence-electron chi connectivity index (χ0n) is 12.8. The van der Waals surface area contributed by atoms with Gasteiger partial charge in [-0.1, -0.05) is 6.42 Å². The van der Waals surface area contributed by atoms with Gasteiger partial charge in [-0.05, 0) is 51.0 Å². The van der Waals surface area contributed by atoms with E-state index in [0.29, 0.717) is 19.0 Å². The average molecular weight is 307 g/mol. The van der Waals surface area contributed by atoms with E-state index in [2.05, 4.69) is 0 Å². The number of nitrogens with two attached hydrogens (primary N) is 1. The van der Waals surface area contributed by atoms with Crippen molar-refractivity contribution in [2.45, 2.75) is 51.5 Å². The van der Waals surface area contributed by atoms with Gasteiger partial charge in [-0.25, -0.2) is 4.98 Å². The Balaban J connectivity index is 1.64. The first kappa shape index (κ1) is 15.0. The number of hydrogen-bond donors (Lipinski definition) is 1. The Bertz CT molecular complexity index is 490. The van der Waals surface area contributed by atoms with Crippen LogP contribution in [0.1, 0.15) is 47.7 Å². The van der Waals surface area contributed by atoms with E-state index in [1.165, 1.54) is 29.8 Å². The van der Waals surface area contributed by atoms with Crippen molar-refractivity contribution < 1.29 is 4.79 Å². The summed E-state index contributed by atoms with van der Waals surface area (Å²) in [6.45, 7) is 1.29. The van der Waals surface area contributed by atoms with Crippen LogP contribution in [-0.2, 0) is 24.2 Å². The van der Waals surface area contributed by atoms with Crippen molar-refractivity contribution in [3.8, 4) is 0 Å². The number of nitrogens with zero attached hydrogens (tertiary/aromatic N) is 2. The van der Waals surface area contributed by atoms with E-state index in [1.54, 1.807) is 11.3 Å². The summed E-state index contributed by atoms with van der Waals surface area (Å²) in [5.74, 6) is 0.773. The molecule has 0 unspecified atom stereocenters. The van der Waals surface area contributed by atoms with Crippen LogP contribution >= 0.6 is 11.3 Å². The van der Waals surface area contributed by atoms with Crippen LogP contribution in [0.3, 0.4) is 0 Å². The zero-order valence-corrected chi connectivity index (χ0v) is 13.6. The number of fused-ring (bicyclic) bond motifs is 1. The highest BCUT2D eigenvalue weighted by Gasteiger charge is 2.33. The summed E-state index contributed by atoms with van der Waals surface area (Å²) in [6.07, 6.45) is 8.06. The standard InChI is InChI=1S/C16H25N3OS/c1-19(16(20)12-6-4-5-11(12)9-17)10-15-18-13-7-2-3-8-14(13)21-15/h11-12H,2-10,17H2,1H3/t11-,12-/m1/s1. The third-order valence-electron chi connectivity index (χ3n) is 4.92. The molecule has 0 saturated heterocycles. The SMILES string of the molecule is CN(Cc1nc2c(s1)CCCC2)C(=O)[C@@H]1CCC[C@@H]1CN. The molecule has 4 nitrogen and oxygen atoms in total. The monoisotopic (exact) mass is 307 g/mol. The highest BCUT2D eigenvalue weighted by atomic mass is 32.1. The average Bonchev–Trinajstić information content (AvgIpc) is 3.11. The predicted molar refractivity (Wildman–Crippen MR) is 85.1 cm³/mol. The molecule has 5 heteroatoms. The predicted octanol–water partition coefficient (Wildman–Crippen LogP) is 2.36. The highest BCUT2D eigenvalue weighted by Crippen LogP contribution is 2.33. The molecular formula is C16H25N3OS. The Morgan fingerprint density at radius 3 is 2.90 bits per heavy atom. The molecule has 2 aliphatic carbocycles. The Kier molecular flexibility index (Phi) is 4.60. The number of aryl methyl sites for hydroxylation is 2. The molecule has 0 aromatic carbocycles. The van der Waals surface area contributed by atoms with E-state index >= 15 is 0 Å². The molecule has 1 heterocycles. The lowest BCUT2D eigenvalue weighted by atomic mass is 9.95. The second-order valence-corrected chi connectivity index (χ2v) is 7.58. The molecule has 2 atom stereocenters. The molecule has 2 N–H and O–H groups in total. The van der Waals surface area contributed by atoms with Crippen molar-refractivity contribution in [2.24, 2.45) is 17.6 Å². The summed E-state index contributed by atoms with van der Waals surface area (Å²) in [4.78, 5) is 20.7. The smallest absolute Gasteiger partial charge is 0.226 e. The van der Waals surface area contributed by atoms with Gasteiger partial charge in [0.1, 0.15) is 5.01 Å². The van der Waals surface area contributed by atoms with E-state index in [4.69, 9.17) is 10.7 Å². The second-order valence-electron chi connectivity index (χ2n) is 6.41. The first-order valence-electron chi connectivity index (χ1n) is 8.11. The molecule has 1 aromatic heterocycles. The van der Waals surface area contributed by atoms with Crippen molar-refractivity contribution in [2.75, 3.05) is 13.6 Å². The lowest BCUT2D eigenvalue weighted by molar-refractivity contribution is -0.135. The van der Waals surface area contributed by atoms with Crippen molar-refractivity contribution in [1.82, 2.24) is 9.88 Å². The van der Waals surface area contributed by atoms with Crippen LogP contribution in [0.4, 0.5) is 0 Å². The quantitative estimate of drug-likeness (QED) is 0.929. The topological polar surface area (TPSA) is 59.2 Å². The molecule has 2 aliphatic rings. The van der Waals surface area contributed by atoms with Gasteiger partial charge in [0.05, 0.1) is 12.2 Å². The molecule has 0 spiro atoms. The minimum atomic E-state index is 0.134. The summed E-state index contributed by atoms with van der Waals surface area (Å²) >= 11 is 1.80. The Labute approximate surface area is 130 Å². The van der Waals surface area contributed by atoms with Gasteiger partial charge in [0.25, 0.3) is 0 Å². The van der Waals surface area contributed by atoms with Gasteiger partial charge < -0.3 is 10.6 Å². The summed E-state index contributed by atoms with van der Waals surface area (Å²) < 4.78 is 0. The normalized spacial score (nSPS) is 24.9. The molecule has 0 bridgehead atoms. The van der Waals surface area contributed by atoms with E-state index in [9.17, 15) is 4.79 Å². The zero-order chi connectivity index (χ0) is 14.8. The number of carbonyl (C=O) groups excluding carboxylic acids is 1. The maximum atomic E-state index is 12.6. The molecule has 1 amide bonds. The molecule has 3 rings (SSSR count).